The fourth-order valence-corrected chi connectivity index (χ4v) is 7.84. The van der Waals surface area contributed by atoms with Gasteiger partial charge < -0.3 is 65.1 Å². The van der Waals surface area contributed by atoms with Crippen molar-refractivity contribution in [3.05, 3.63) is 36.5 Å². The van der Waals surface area contributed by atoms with E-state index in [1.54, 1.807) is 6.08 Å². The van der Waals surface area contributed by atoms with Gasteiger partial charge in [0.2, 0.25) is 5.91 Å². The first kappa shape index (κ1) is 56.3. The van der Waals surface area contributed by atoms with E-state index in [2.05, 4.69) is 36.5 Å². The summed E-state index contributed by atoms with van der Waals surface area (Å²) in [5.41, 5.74) is 0. The second kappa shape index (κ2) is 35.5. The number of amides is 1. The lowest BCUT2D eigenvalue weighted by atomic mass is 9.97. The first-order chi connectivity index (χ1) is 30.1. The summed E-state index contributed by atoms with van der Waals surface area (Å²) >= 11 is 0. The standard InChI is InChI=1S/C48H87NO13/c1-3-5-6-7-8-9-10-11-12-13-14-15-16-17-18-19-20-21-22-23-24-25-26-27-28-29-30-32-37(52)36(49-40(53)31-4-2)35-59-47-45(58)43(56)46(39(34-51)61-47)62-48-44(57)42(55)41(54)38(33-50)60-48/h22-23,26-27,30,32,36-39,41-48,50-52,54-58H,3-21,24-25,28-29,31,33-35H2,1-2H3,(H,49,53)/b23-22+,27-26+,32-30+. The molecule has 0 bridgehead atoms. The lowest BCUT2D eigenvalue weighted by Crippen LogP contribution is -2.65. The van der Waals surface area contributed by atoms with Crippen LogP contribution in [0.3, 0.4) is 0 Å². The molecule has 0 spiro atoms. The maximum Gasteiger partial charge on any atom is 0.220 e. The molecule has 2 heterocycles. The average Bonchev–Trinajstić information content (AvgIpc) is 3.26. The molecule has 0 radical (unpaired) electrons. The summed E-state index contributed by atoms with van der Waals surface area (Å²) in [6, 6.07) is -0.930. The smallest absolute Gasteiger partial charge is 0.220 e. The second-order valence-electron chi connectivity index (χ2n) is 17.2. The normalized spacial score (nSPS) is 28.0. The summed E-state index contributed by atoms with van der Waals surface area (Å²) in [5, 5.41) is 85.6. The van der Waals surface area contributed by atoms with E-state index in [1.165, 1.54) is 109 Å². The molecule has 0 aromatic carbocycles. The third-order valence-corrected chi connectivity index (χ3v) is 11.8. The highest BCUT2D eigenvalue weighted by atomic mass is 16.7. The van der Waals surface area contributed by atoms with Gasteiger partial charge in [-0.1, -0.05) is 153 Å². The van der Waals surface area contributed by atoms with Crippen molar-refractivity contribution in [2.24, 2.45) is 0 Å². The van der Waals surface area contributed by atoms with Gasteiger partial charge in [0.05, 0.1) is 32.0 Å². The van der Waals surface area contributed by atoms with E-state index in [4.69, 9.17) is 18.9 Å². The molecule has 0 saturated carbocycles. The Morgan fingerprint density at radius 1 is 0.565 bits per heavy atom. The summed E-state index contributed by atoms with van der Waals surface area (Å²) < 4.78 is 22.4. The summed E-state index contributed by atoms with van der Waals surface area (Å²) in [7, 11) is 0. The van der Waals surface area contributed by atoms with Crippen LogP contribution in [0.1, 0.15) is 168 Å². The number of carbonyl (C=O) groups is 1. The third kappa shape index (κ3) is 22.9. The minimum absolute atomic E-state index is 0.220. The van der Waals surface area contributed by atoms with Gasteiger partial charge in [0.15, 0.2) is 12.6 Å². The Hall–Kier alpha value is -1.79. The first-order valence-electron chi connectivity index (χ1n) is 24.2. The Bertz CT molecular complexity index is 1190. The van der Waals surface area contributed by atoms with Crippen LogP contribution in [-0.2, 0) is 23.7 Å². The van der Waals surface area contributed by atoms with Crippen LogP contribution >= 0.6 is 0 Å². The van der Waals surface area contributed by atoms with Gasteiger partial charge in [0.1, 0.15) is 48.8 Å². The Balaban J connectivity index is 1.63. The van der Waals surface area contributed by atoms with E-state index in [0.29, 0.717) is 12.8 Å². The van der Waals surface area contributed by atoms with Crippen molar-refractivity contribution < 1.29 is 64.6 Å². The van der Waals surface area contributed by atoms with Crippen LogP contribution in [0.2, 0.25) is 0 Å². The SMILES string of the molecule is CCCCCCCCCCCCCCCCCCC/C=C/CC/C=C/CC/C=C/C(O)C(COC1OC(CO)C(OC2OC(CO)C(O)C(O)C2O)C(O)C1O)NC(=O)CCC. The summed E-state index contributed by atoms with van der Waals surface area (Å²) in [6.07, 6.45) is 24.1. The van der Waals surface area contributed by atoms with Crippen LogP contribution in [0.5, 0.6) is 0 Å². The molecule has 62 heavy (non-hydrogen) atoms. The van der Waals surface area contributed by atoms with Crippen LogP contribution in [0.25, 0.3) is 0 Å². The second-order valence-corrected chi connectivity index (χ2v) is 17.2. The molecule has 12 atom stereocenters. The van der Waals surface area contributed by atoms with Crippen LogP contribution in [0.4, 0.5) is 0 Å². The van der Waals surface area contributed by atoms with Crippen LogP contribution in [0, 0.1) is 0 Å². The highest BCUT2D eigenvalue weighted by Crippen LogP contribution is 2.30. The minimum atomic E-state index is -1.79. The van der Waals surface area contributed by atoms with Crippen LogP contribution in [-0.4, -0.2) is 140 Å². The lowest BCUT2D eigenvalue weighted by molar-refractivity contribution is -0.359. The van der Waals surface area contributed by atoms with Crippen LogP contribution in [0.15, 0.2) is 36.5 Å². The highest BCUT2D eigenvalue weighted by Gasteiger charge is 2.50. The minimum Gasteiger partial charge on any atom is -0.394 e. The average molecular weight is 886 g/mol. The van der Waals surface area contributed by atoms with Gasteiger partial charge in [-0.15, -0.1) is 0 Å². The monoisotopic (exact) mass is 886 g/mol. The van der Waals surface area contributed by atoms with Crippen molar-refractivity contribution in [3.63, 3.8) is 0 Å². The van der Waals surface area contributed by atoms with Crippen LogP contribution < -0.4 is 5.32 Å². The molecule has 2 aliphatic rings. The molecular formula is C48H87NO13. The fraction of sp³-hybridized carbons (Fsp3) is 0.854. The zero-order valence-electron chi connectivity index (χ0n) is 38.1. The van der Waals surface area contributed by atoms with E-state index in [1.807, 2.05) is 13.0 Å². The van der Waals surface area contributed by atoms with Gasteiger partial charge >= 0.3 is 0 Å². The van der Waals surface area contributed by atoms with Crippen molar-refractivity contribution >= 4 is 5.91 Å². The molecule has 362 valence electrons. The molecule has 12 unspecified atom stereocenters. The quantitative estimate of drug-likeness (QED) is 0.0279. The van der Waals surface area contributed by atoms with E-state index in [9.17, 15) is 45.6 Å². The number of rotatable bonds is 36. The van der Waals surface area contributed by atoms with Gasteiger partial charge in [-0.2, -0.15) is 0 Å². The number of ether oxygens (including phenoxy) is 4. The predicted molar refractivity (Wildman–Crippen MR) is 240 cm³/mol. The fourth-order valence-electron chi connectivity index (χ4n) is 7.84. The molecule has 2 fully saturated rings. The van der Waals surface area contributed by atoms with Crippen molar-refractivity contribution in [1.82, 2.24) is 5.32 Å². The molecule has 2 saturated heterocycles. The van der Waals surface area contributed by atoms with Crippen molar-refractivity contribution in [2.45, 2.75) is 242 Å². The maximum absolute atomic E-state index is 12.5. The largest absolute Gasteiger partial charge is 0.394 e. The number of allylic oxidation sites excluding steroid dienone is 5. The van der Waals surface area contributed by atoms with Gasteiger partial charge in [-0.05, 0) is 44.9 Å². The number of aliphatic hydroxyl groups excluding tert-OH is 8. The first-order valence-corrected chi connectivity index (χ1v) is 24.2. The number of hydrogen-bond acceptors (Lipinski definition) is 13. The topological polar surface area (TPSA) is 228 Å². The Morgan fingerprint density at radius 2 is 1.03 bits per heavy atom. The molecular weight excluding hydrogens is 799 g/mol. The maximum atomic E-state index is 12.5. The zero-order valence-corrected chi connectivity index (χ0v) is 38.1. The van der Waals surface area contributed by atoms with E-state index >= 15 is 0 Å². The van der Waals surface area contributed by atoms with E-state index in [0.717, 1.165) is 25.7 Å². The number of aliphatic hydroxyl groups is 8. The molecule has 0 aliphatic carbocycles. The summed E-state index contributed by atoms with van der Waals surface area (Å²) in [4.78, 5) is 12.5. The van der Waals surface area contributed by atoms with Gasteiger partial charge in [0, 0.05) is 6.42 Å². The molecule has 0 aromatic rings. The number of hydrogen-bond donors (Lipinski definition) is 9. The Labute approximate surface area is 372 Å². The molecule has 9 N–H and O–H groups in total. The molecule has 2 aliphatic heterocycles. The zero-order chi connectivity index (χ0) is 45.4. The number of nitrogens with one attached hydrogen (secondary N) is 1. The predicted octanol–water partition coefficient (Wildman–Crippen LogP) is 5.54. The Kier molecular flexibility index (Phi) is 32.2. The van der Waals surface area contributed by atoms with E-state index < -0.39 is 86.8 Å². The lowest BCUT2D eigenvalue weighted by Gasteiger charge is -2.46. The van der Waals surface area contributed by atoms with E-state index in [-0.39, 0.29) is 18.9 Å². The van der Waals surface area contributed by atoms with Crippen molar-refractivity contribution in [3.8, 4) is 0 Å². The molecule has 14 heteroatoms. The number of carbonyl (C=O) groups excluding carboxylic acids is 1. The van der Waals surface area contributed by atoms with Gasteiger partial charge in [-0.25, -0.2) is 0 Å². The molecule has 0 aromatic heterocycles. The van der Waals surface area contributed by atoms with Gasteiger partial charge in [0.25, 0.3) is 0 Å². The molecule has 2 rings (SSSR count). The molecule has 1 amide bonds. The van der Waals surface area contributed by atoms with Crippen molar-refractivity contribution in [2.75, 3.05) is 19.8 Å². The van der Waals surface area contributed by atoms with Gasteiger partial charge in [-0.3, -0.25) is 4.79 Å². The number of unbranched alkanes of at least 4 members (excludes halogenated alkanes) is 19. The summed E-state index contributed by atoms with van der Waals surface area (Å²) in [6.45, 7) is 2.37. The highest BCUT2D eigenvalue weighted by molar-refractivity contribution is 5.76. The molecule has 14 nitrogen and oxygen atoms in total. The third-order valence-electron chi connectivity index (χ3n) is 11.8. The summed E-state index contributed by atoms with van der Waals surface area (Å²) in [5.74, 6) is -0.308. The van der Waals surface area contributed by atoms with Crippen molar-refractivity contribution in [1.29, 1.82) is 0 Å². The Morgan fingerprint density at radius 3 is 1.55 bits per heavy atom.